The van der Waals surface area contributed by atoms with Crippen LogP contribution in [0.3, 0.4) is 0 Å². The summed E-state index contributed by atoms with van der Waals surface area (Å²) in [5, 5.41) is 2.77. The molecule has 0 spiro atoms. The van der Waals surface area contributed by atoms with Crippen molar-refractivity contribution in [1.29, 1.82) is 0 Å². The molecule has 8 nitrogen and oxygen atoms in total. The molecule has 3 aromatic rings. The molecule has 0 atom stereocenters. The molecule has 0 bridgehead atoms. The lowest BCUT2D eigenvalue weighted by atomic mass is 10.1. The minimum atomic E-state index is -0.444. The number of fused-ring (bicyclic) bond motifs is 1. The Kier molecular flexibility index (Phi) is 6.49. The predicted octanol–water partition coefficient (Wildman–Crippen LogP) is 3.80. The molecule has 34 heavy (non-hydrogen) atoms. The fourth-order valence-corrected chi connectivity index (χ4v) is 3.88. The van der Waals surface area contributed by atoms with Crippen LogP contribution in [0.4, 0.5) is 5.69 Å². The summed E-state index contributed by atoms with van der Waals surface area (Å²) >= 11 is 0. The summed E-state index contributed by atoms with van der Waals surface area (Å²) in [6, 6.07) is 17.3. The van der Waals surface area contributed by atoms with Crippen molar-refractivity contribution in [3.63, 3.8) is 0 Å². The van der Waals surface area contributed by atoms with Gasteiger partial charge in [-0.15, -0.1) is 0 Å². The van der Waals surface area contributed by atoms with Crippen LogP contribution in [0.2, 0.25) is 0 Å². The molecule has 3 amide bonds. The van der Waals surface area contributed by atoms with Gasteiger partial charge in [0.25, 0.3) is 17.7 Å². The molecule has 0 unspecified atom stereocenters. The van der Waals surface area contributed by atoms with Crippen LogP contribution in [0.15, 0.2) is 60.7 Å². The first-order valence-electron chi connectivity index (χ1n) is 10.6. The van der Waals surface area contributed by atoms with E-state index in [0.29, 0.717) is 34.9 Å². The molecule has 4 rings (SSSR count). The Balaban J connectivity index is 1.53. The second-order valence-electron chi connectivity index (χ2n) is 7.63. The maximum absolute atomic E-state index is 12.9. The Morgan fingerprint density at radius 2 is 1.47 bits per heavy atom. The number of imide groups is 1. The highest BCUT2D eigenvalue weighted by molar-refractivity contribution is 6.22. The van der Waals surface area contributed by atoms with Crippen LogP contribution in [-0.4, -0.2) is 50.5 Å². The normalized spacial score (nSPS) is 12.4. The molecule has 1 N–H and O–H groups in total. The number of carbonyl (C=O) groups is 3. The summed E-state index contributed by atoms with van der Waals surface area (Å²) in [4.78, 5) is 39.8. The number of hydrogen-bond acceptors (Lipinski definition) is 6. The molecule has 0 fully saturated rings. The number of carbonyl (C=O) groups excluding carboxylic acids is 3. The summed E-state index contributed by atoms with van der Waals surface area (Å²) in [5.41, 5.74) is 2.22. The molecule has 1 aliphatic rings. The quantitative estimate of drug-likeness (QED) is 0.514. The van der Waals surface area contributed by atoms with Crippen LogP contribution >= 0.6 is 0 Å². The van der Waals surface area contributed by atoms with E-state index < -0.39 is 11.8 Å². The third kappa shape index (κ3) is 4.30. The van der Waals surface area contributed by atoms with Gasteiger partial charge in [0.15, 0.2) is 11.5 Å². The lowest BCUT2D eigenvalue weighted by Crippen LogP contribution is -2.31. The summed E-state index contributed by atoms with van der Waals surface area (Å²) in [6.45, 7) is 0.267. The van der Waals surface area contributed by atoms with Crippen molar-refractivity contribution in [1.82, 2.24) is 4.90 Å². The Morgan fingerprint density at radius 3 is 2.09 bits per heavy atom. The van der Waals surface area contributed by atoms with Gasteiger partial charge in [0, 0.05) is 29.9 Å². The summed E-state index contributed by atoms with van der Waals surface area (Å²) in [7, 11) is 4.45. The Labute approximate surface area is 197 Å². The van der Waals surface area contributed by atoms with E-state index in [1.54, 1.807) is 12.1 Å². The van der Waals surface area contributed by atoms with Crippen LogP contribution in [-0.2, 0) is 6.42 Å². The van der Waals surface area contributed by atoms with Crippen molar-refractivity contribution in [2.45, 2.75) is 6.42 Å². The zero-order valence-electron chi connectivity index (χ0n) is 19.1. The van der Waals surface area contributed by atoms with Crippen LogP contribution in [0, 0.1) is 0 Å². The van der Waals surface area contributed by atoms with Crippen LogP contribution in [0.25, 0.3) is 0 Å². The van der Waals surface area contributed by atoms with Crippen molar-refractivity contribution in [2.75, 3.05) is 33.2 Å². The fraction of sp³-hybridized carbons (Fsp3) is 0.192. The maximum Gasteiger partial charge on any atom is 0.261 e. The predicted molar refractivity (Wildman–Crippen MR) is 126 cm³/mol. The average molecular weight is 460 g/mol. The van der Waals surface area contributed by atoms with Gasteiger partial charge in [-0.2, -0.15) is 0 Å². The van der Waals surface area contributed by atoms with Crippen LogP contribution in [0.5, 0.6) is 17.2 Å². The van der Waals surface area contributed by atoms with Gasteiger partial charge in [0.2, 0.25) is 5.75 Å². The van der Waals surface area contributed by atoms with Gasteiger partial charge in [-0.05, 0) is 30.2 Å². The zero-order chi connectivity index (χ0) is 24.2. The Morgan fingerprint density at radius 1 is 0.824 bits per heavy atom. The number of rotatable bonds is 8. The van der Waals surface area contributed by atoms with E-state index in [1.807, 2.05) is 30.3 Å². The second-order valence-corrected chi connectivity index (χ2v) is 7.63. The SMILES string of the molecule is COc1cc(NC(=O)c2ccc3c(c2)C(=O)N(CCc2ccccc2)C3=O)cc(OC)c1OC. The van der Waals surface area contributed by atoms with Crippen LogP contribution < -0.4 is 19.5 Å². The number of anilines is 1. The third-order valence-corrected chi connectivity index (χ3v) is 5.62. The molecular weight excluding hydrogens is 436 g/mol. The fourth-order valence-electron chi connectivity index (χ4n) is 3.88. The molecule has 0 aromatic heterocycles. The molecule has 0 saturated heterocycles. The zero-order valence-corrected chi connectivity index (χ0v) is 19.1. The molecule has 0 radical (unpaired) electrons. The highest BCUT2D eigenvalue weighted by Crippen LogP contribution is 2.40. The monoisotopic (exact) mass is 460 g/mol. The number of nitrogens with zero attached hydrogens (tertiary/aromatic N) is 1. The van der Waals surface area contributed by atoms with Gasteiger partial charge < -0.3 is 19.5 Å². The van der Waals surface area contributed by atoms with Gasteiger partial charge in [-0.1, -0.05) is 30.3 Å². The minimum absolute atomic E-state index is 0.218. The van der Waals surface area contributed by atoms with E-state index in [2.05, 4.69) is 5.32 Å². The molecule has 8 heteroatoms. The van der Waals surface area contributed by atoms with E-state index >= 15 is 0 Å². The van der Waals surface area contributed by atoms with Gasteiger partial charge in [0.1, 0.15) is 0 Å². The molecule has 1 heterocycles. The Hall–Kier alpha value is -4.33. The first kappa shape index (κ1) is 22.8. The van der Waals surface area contributed by atoms with Crippen molar-refractivity contribution in [3.8, 4) is 17.2 Å². The second kappa shape index (κ2) is 9.66. The molecule has 3 aromatic carbocycles. The molecular formula is C26H24N2O6. The molecule has 174 valence electrons. The van der Waals surface area contributed by atoms with E-state index in [4.69, 9.17) is 14.2 Å². The van der Waals surface area contributed by atoms with Crippen molar-refractivity contribution < 1.29 is 28.6 Å². The number of nitrogens with one attached hydrogen (secondary N) is 1. The molecule has 1 aliphatic heterocycles. The maximum atomic E-state index is 12.9. The molecule has 0 saturated carbocycles. The summed E-state index contributed by atoms with van der Waals surface area (Å²) in [5.74, 6) is -0.0203. The molecule has 0 aliphatic carbocycles. The highest BCUT2D eigenvalue weighted by atomic mass is 16.5. The highest BCUT2D eigenvalue weighted by Gasteiger charge is 2.35. The summed E-state index contributed by atoms with van der Waals surface area (Å²) < 4.78 is 15.9. The number of ether oxygens (including phenoxy) is 3. The van der Waals surface area contributed by atoms with Gasteiger partial charge in [0.05, 0.1) is 32.5 Å². The number of methoxy groups -OCH3 is 3. The van der Waals surface area contributed by atoms with E-state index in [-0.39, 0.29) is 23.6 Å². The van der Waals surface area contributed by atoms with Gasteiger partial charge in [-0.25, -0.2) is 0 Å². The Bertz CT molecular complexity index is 1230. The van der Waals surface area contributed by atoms with Gasteiger partial charge in [-0.3, -0.25) is 19.3 Å². The minimum Gasteiger partial charge on any atom is -0.493 e. The smallest absolute Gasteiger partial charge is 0.261 e. The number of amides is 3. The van der Waals surface area contributed by atoms with Crippen molar-refractivity contribution in [3.05, 3.63) is 82.9 Å². The largest absolute Gasteiger partial charge is 0.493 e. The lowest BCUT2D eigenvalue weighted by Gasteiger charge is -2.14. The first-order valence-corrected chi connectivity index (χ1v) is 10.6. The number of hydrogen-bond donors (Lipinski definition) is 1. The van der Waals surface area contributed by atoms with E-state index in [0.717, 1.165) is 5.56 Å². The standard InChI is InChI=1S/C26H24N2O6/c1-32-21-14-18(15-22(33-2)23(21)34-3)27-24(29)17-9-10-19-20(13-17)26(31)28(25(19)30)12-11-16-7-5-4-6-8-16/h4-10,13-15H,11-12H2,1-3H3,(H,27,29). The third-order valence-electron chi connectivity index (χ3n) is 5.62. The van der Waals surface area contributed by atoms with E-state index in [9.17, 15) is 14.4 Å². The first-order chi connectivity index (χ1) is 16.5. The van der Waals surface area contributed by atoms with Crippen molar-refractivity contribution in [2.24, 2.45) is 0 Å². The van der Waals surface area contributed by atoms with Crippen LogP contribution in [0.1, 0.15) is 36.6 Å². The summed E-state index contributed by atoms with van der Waals surface area (Å²) in [6.07, 6.45) is 0.556. The van der Waals surface area contributed by atoms with Crippen molar-refractivity contribution >= 4 is 23.4 Å². The topological polar surface area (TPSA) is 94.2 Å². The lowest BCUT2D eigenvalue weighted by molar-refractivity contribution is 0.0656. The van der Waals surface area contributed by atoms with Gasteiger partial charge >= 0.3 is 0 Å². The van der Waals surface area contributed by atoms with E-state index in [1.165, 1.54) is 44.4 Å². The number of benzene rings is 3. The average Bonchev–Trinajstić information content (AvgIpc) is 3.11.